The van der Waals surface area contributed by atoms with E-state index in [0.717, 1.165) is 39.3 Å². The second-order valence-corrected chi connectivity index (χ2v) is 8.54. The maximum atomic E-state index is 13.9. The maximum absolute atomic E-state index is 13.9. The van der Waals surface area contributed by atoms with Crippen LogP contribution in [0.15, 0.2) is 72.6 Å². The third-order valence-corrected chi connectivity index (χ3v) is 6.47. The molecule has 0 aliphatic carbocycles. The van der Waals surface area contributed by atoms with Gasteiger partial charge in [-0.15, -0.1) is 0 Å². The quantitative estimate of drug-likeness (QED) is 0.436. The van der Waals surface area contributed by atoms with Gasteiger partial charge in [0.05, 0.1) is 19.9 Å². The van der Waals surface area contributed by atoms with Gasteiger partial charge in [0, 0.05) is 16.7 Å². The summed E-state index contributed by atoms with van der Waals surface area (Å²) >= 11 is 0. The summed E-state index contributed by atoms with van der Waals surface area (Å²) in [6.45, 7) is 2.04. The zero-order valence-corrected chi connectivity index (χ0v) is 19.4. The number of halogens is 1. The Balaban J connectivity index is 1.65. The van der Waals surface area contributed by atoms with Gasteiger partial charge in [0.1, 0.15) is 35.4 Å². The van der Waals surface area contributed by atoms with E-state index in [-0.39, 0.29) is 11.9 Å². The van der Waals surface area contributed by atoms with E-state index in [0.29, 0.717) is 17.4 Å². The van der Waals surface area contributed by atoms with Gasteiger partial charge in [0.25, 0.3) is 0 Å². The monoisotopic (exact) mass is 470 g/mol. The highest BCUT2D eigenvalue weighted by atomic mass is 19.1. The lowest BCUT2D eigenvalue weighted by molar-refractivity contribution is 0.217. The van der Waals surface area contributed by atoms with E-state index in [1.165, 1.54) is 18.5 Å². The first-order valence-corrected chi connectivity index (χ1v) is 11.2. The second-order valence-electron chi connectivity index (χ2n) is 8.54. The summed E-state index contributed by atoms with van der Waals surface area (Å²) in [5, 5.41) is 7.99. The lowest BCUT2D eigenvalue weighted by atomic mass is 9.84. The third-order valence-electron chi connectivity index (χ3n) is 6.47. The van der Waals surface area contributed by atoms with Gasteiger partial charge in [0.15, 0.2) is 6.10 Å². The Morgan fingerprint density at radius 2 is 1.83 bits per heavy atom. The first-order chi connectivity index (χ1) is 17.1. The molecule has 0 radical (unpaired) electrons. The Morgan fingerprint density at radius 3 is 2.60 bits per heavy atom. The van der Waals surface area contributed by atoms with Crippen LogP contribution in [-0.4, -0.2) is 29.0 Å². The predicted octanol–water partition coefficient (Wildman–Crippen LogP) is 5.30. The Kier molecular flexibility index (Phi) is 4.95. The zero-order valence-electron chi connectivity index (χ0n) is 19.4. The van der Waals surface area contributed by atoms with Crippen LogP contribution < -0.4 is 19.5 Å². The van der Waals surface area contributed by atoms with Crippen LogP contribution in [0.3, 0.4) is 0 Å². The van der Waals surface area contributed by atoms with Crippen molar-refractivity contribution in [2.24, 2.45) is 0 Å². The van der Waals surface area contributed by atoms with Crippen LogP contribution in [0, 0.1) is 12.7 Å². The number of aryl methyl sites for hydroxylation is 1. The fraction of sp³-hybridized carbons (Fsp3) is 0.185. The zero-order chi connectivity index (χ0) is 24.1. The SMILES string of the molecule is COc1ccc(OC)c([C@H]2Oc3ccc(C)cc3C3=C2[C@H](c2ccc(F)cc2)n2ncnc2N3)c1. The minimum absolute atomic E-state index is 0.303. The van der Waals surface area contributed by atoms with Crippen LogP contribution in [0.5, 0.6) is 17.2 Å². The van der Waals surface area contributed by atoms with E-state index in [9.17, 15) is 4.39 Å². The molecule has 0 saturated carbocycles. The molecule has 3 aromatic carbocycles. The van der Waals surface area contributed by atoms with Crippen molar-refractivity contribution in [3.05, 3.63) is 101 Å². The number of hydrogen-bond donors (Lipinski definition) is 1. The number of rotatable bonds is 4. The van der Waals surface area contributed by atoms with Crippen molar-refractivity contribution in [1.82, 2.24) is 14.8 Å². The van der Waals surface area contributed by atoms with Crippen LogP contribution in [0.1, 0.15) is 34.4 Å². The van der Waals surface area contributed by atoms with Crippen LogP contribution in [-0.2, 0) is 0 Å². The second kappa shape index (κ2) is 8.16. The molecule has 2 aliphatic rings. The molecular formula is C27H23FN4O3. The average Bonchev–Trinajstić information content (AvgIpc) is 3.36. The fourth-order valence-corrected chi connectivity index (χ4v) is 4.85. The molecule has 0 fully saturated rings. The number of hydrogen-bond acceptors (Lipinski definition) is 6. The van der Waals surface area contributed by atoms with Crippen molar-refractivity contribution in [2.45, 2.75) is 19.1 Å². The summed E-state index contributed by atoms with van der Waals surface area (Å²) in [7, 11) is 3.26. The van der Waals surface area contributed by atoms with E-state index in [2.05, 4.69) is 21.5 Å². The molecule has 7 nitrogen and oxygen atoms in total. The fourth-order valence-electron chi connectivity index (χ4n) is 4.85. The normalized spacial score (nSPS) is 18.1. The largest absolute Gasteiger partial charge is 0.497 e. The third kappa shape index (κ3) is 3.41. The van der Waals surface area contributed by atoms with Gasteiger partial charge in [-0.05, 0) is 55.0 Å². The van der Waals surface area contributed by atoms with Crippen LogP contribution >= 0.6 is 0 Å². The number of nitrogens with one attached hydrogen (secondary N) is 1. The Labute approximate surface area is 201 Å². The van der Waals surface area contributed by atoms with Crippen molar-refractivity contribution in [1.29, 1.82) is 0 Å². The molecule has 1 N–H and O–H groups in total. The molecule has 0 bridgehead atoms. The van der Waals surface area contributed by atoms with Crippen molar-refractivity contribution in [3.63, 3.8) is 0 Å². The van der Waals surface area contributed by atoms with E-state index < -0.39 is 6.10 Å². The molecular weight excluding hydrogens is 447 g/mol. The molecule has 8 heteroatoms. The lowest BCUT2D eigenvalue weighted by Gasteiger charge is -2.39. The van der Waals surface area contributed by atoms with Crippen molar-refractivity contribution >= 4 is 11.6 Å². The van der Waals surface area contributed by atoms with E-state index in [1.807, 2.05) is 37.3 Å². The highest BCUT2D eigenvalue weighted by Crippen LogP contribution is 2.52. The molecule has 6 rings (SSSR count). The van der Waals surface area contributed by atoms with E-state index >= 15 is 0 Å². The summed E-state index contributed by atoms with van der Waals surface area (Å²) < 4.78 is 33.6. The molecule has 0 saturated heterocycles. The number of methoxy groups -OCH3 is 2. The molecule has 0 spiro atoms. The Bertz CT molecular complexity index is 1460. The minimum Gasteiger partial charge on any atom is -0.497 e. The van der Waals surface area contributed by atoms with E-state index in [1.54, 1.807) is 31.0 Å². The van der Waals surface area contributed by atoms with Gasteiger partial charge < -0.3 is 19.5 Å². The van der Waals surface area contributed by atoms with Crippen molar-refractivity contribution in [3.8, 4) is 17.2 Å². The smallest absolute Gasteiger partial charge is 0.226 e. The number of fused-ring (bicyclic) bond motifs is 3. The van der Waals surface area contributed by atoms with Gasteiger partial charge in [-0.2, -0.15) is 10.1 Å². The predicted molar refractivity (Wildman–Crippen MR) is 129 cm³/mol. The topological polar surface area (TPSA) is 70.4 Å². The van der Waals surface area contributed by atoms with Crippen molar-refractivity contribution in [2.75, 3.05) is 19.5 Å². The van der Waals surface area contributed by atoms with Gasteiger partial charge >= 0.3 is 0 Å². The van der Waals surface area contributed by atoms with Gasteiger partial charge in [-0.25, -0.2) is 9.07 Å². The molecule has 1 aromatic heterocycles. The summed E-state index contributed by atoms with van der Waals surface area (Å²) in [5.74, 6) is 2.39. The first kappa shape index (κ1) is 21.2. The number of anilines is 1. The van der Waals surface area contributed by atoms with Gasteiger partial charge in [0.2, 0.25) is 5.95 Å². The minimum atomic E-state index is -0.537. The summed E-state index contributed by atoms with van der Waals surface area (Å²) in [5.41, 5.74) is 5.50. The highest BCUT2D eigenvalue weighted by molar-refractivity contribution is 5.85. The van der Waals surface area contributed by atoms with Crippen LogP contribution in [0.4, 0.5) is 10.3 Å². The molecule has 4 aromatic rings. The van der Waals surface area contributed by atoms with Crippen LogP contribution in [0.2, 0.25) is 0 Å². The van der Waals surface area contributed by atoms with E-state index in [4.69, 9.17) is 14.2 Å². The van der Waals surface area contributed by atoms with Gasteiger partial charge in [-0.3, -0.25) is 0 Å². The molecule has 0 amide bonds. The van der Waals surface area contributed by atoms with Gasteiger partial charge in [-0.1, -0.05) is 23.8 Å². The van der Waals surface area contributed by atoms with Crippen LogP contribution in [0.25, 0.3) is 5.70 Å². The number of ether oxygens (including phenoxy) is 3. The molecule has 0 unspecified atom stereocenters. The summed E-state index contributed by atoms with van der Waals surface area (Å²) in [6, 6.07) is 17.8. The number of benzene rings is 3. The highest BCUT2D eigenvalue weighted by Gasteiger charge is 2.42. The average molecular weight is 471 g/mol. The molecule has 35 heavy (non-hydrogen) atoms. The molecule has 2 aliphatic heterocycles. The first-order valence-electron chi connectivity index (χ1n) is 11.2. The Morgan fingerprint density at radius 1 is 1.00 bits per heavy atom. The molecule has 176 valence electrons. The Hall–Kier alpha value is -4.33. The summed E-state index contributed by atoms with van der Waals surface area (Å²) in [6.07, 6.45) is 0.973. The lowest BCUT2D eigenvalue weighted by Crippen LogP contribution is -2.32. The maximum Gasteiger partial charge on any atom is 0.226 e. The summed E-state index contributed by atoms with van der Waals surface area (Å²) in [4.78, 5) is 4.44. The number of aromatic nitrogens is 3. The van der Waals surface area contributed by atoms with Crippen molar-refractivity contribution < 1.29 is 18.6 Å². The molecule has 2 atom stereocenters. The molecule has 3 heterocycles. The standard InChI is InChI=1S/C27H23FN4O3/c1-15-4-10-22-19(12-15)24-23(26(35-22)20-13-18(33-2)9-11-21(20)34-3)25(16-5-7-17(28)8-6-16)32-27(31-24)29-14-30-32/h4-14,25-26H,1-3H3,(H,29,30,31)/t25-,26+/m0/s1. The number of nitrogens with zero attached hydrogens (tertiary/aromatic N) is 3.